The lowest BCUT2D eigenvalue weighted by atomic mass is 9.81. The highest BCUT2D eigenvalue weighted by atomic mass is 32.1. The maximum atomic E-state index is 13.3. The monoisotopic (exact) mass is 377 g/mol. The Kier molecular flexibility index (Phi) is 3.76. The van der Waals surface area contributed by atoms with E-state index in [0.717, 1.165) is 18.5 Å². The highest BCUT2D eigenvalue weighted by Crippen LogP contribution is 2.47. The molecule has 0 bridgehead atoms. The van der Waals surface area contributed by atoms with Gasteiger partial charge in [0.05, 0.1) is 11.7 Å². The van der Waals surface area contributed by atoms with Gasteiger partial charge in [-0.05, 0) is 61.3 Å². The summed E-state index contributed by atoms with van der Waals surface area (Å²) in [6.45, 7) is 4.32. The van der Waals surface area contributed by atoms with E-state index in [-0.39, 0.29) is 24.0 Å². The fraction of sp³-hybridized carbons (Fsp3) is 0.364. The van der Waals surface area contributed by atoms with Crippen LogP contribution in [0.25, 0.3) is 0 Å². The third-order valence-corrected chi connectivity index (χ3v) is 6.80. The lowest BCUT2D eigenvalue weighted by molar-refractivity contribution is -0.121. The van der Waals surface area contributed by atoms with E-state index in [2.05, 4.69) is 60.5 Å². The minimum atomic E-state index is -0.174. The van der Waals surface area contributed by atoms with Crippen LogP contribution >= 0.6 is 12.2 Å². The van der Waals surface area contributed by atoms with Gasteiger partial charge in [-0.15, -0.1) is 0 Å². The van der Waals surface area contributed by atoms with E-state index >= 15 is 0 Å². The molecule has 4 nitrogen and oxygen atoms in total. The normalized spacial score (nSPS) is 28.7. The van der Waals surface area contributed by atoms with Crippen molar-refractivity contribution in [2.24, 2.45) is 0 Å². The topological polar surface area (TPSA) is 35.6 Å². The van der Waals surface area contributed by atoms with Gasteiger partial charge in [0.15, 0.2) is 5.11 Å². The van der Waals surface area contributed by atoms with Crippen molar-refractivity contribution in [3.8, 4) is 0 Å². The number of para-hydroxylation sites is 1. The van der Waals surface area contributed by atoms with Crippen molar-refractivity contribution in [3.63, 3.8) is 0 Å². The zero-order chi connectivity index (χ0) is 18.7. The maximum Gasteiger partial charge on any atom is 0.256 e. The molecule has 2 aromatic carbocycles. The fourth-order valence-electron chi connectivity index (χ4n) is 4.97. The summed E-state index contributed by atoms with van der Waals surface area (Å²) in [6, 6.07) is 16.9. The number of nitrogens with zero attached hydrogens (tertiary/aromatic N) is 2. The average Bonchev–Trinajstić information content (AvgIpc) is 3.18. The molecule has 0 saturated carbocycles. The summed E-state index contributed by atoms with van der Waals surface area (Å²) in [5.74, 6) is 0.463. The molecule has 138 valence electrons. The molecule has 3 aliphatic heterocycles. The molecule has 5 heteroatoms. The lowest BCUT2D eigenvalue weighted by Crippen LogP contribution is -2.55. The lowest BCUT2D eigenvalue weighted by Gasteiger charge is -2.42. The summed E-state index contributed by atoms with van der Waals surface area (Å²) in [7, 11) is 0. The first-order chi connectivity index (χ1) is 13.1. The van der Waals surface area contributed by atoms with Crippen LogP contribution in [-0.4, -0.2) is 34.0 Å². The summed E-state index contributed by atoms with van der Waals surface area (Å²) in [5.41, 5.74) is 4.67. The van der Waals surface area contributed by atoms with E-state index in [1.165, 1.54) is 16.8 Å². The number of carbonyl (C=O) groups excluding carboxylic acids is 1. The van der Waals surface area contributed by atoms with Gasteiger partial charge in [-0.2, -0.15) is 0 Å². The molecule has 0 aromatic heterocycles. The van der Waals surface area contributed by atoms with E-state index in [1.807, 2.05) is 12.1 Å². The number of amides is 1. The molecule has 0 spiro atoms. The second-order valence-electron chi connectivity index (χ2n) is 7.74. The molecule has 0 radical (unpaired) electrons. The van der Waals surface area contributed by atoms with Crippen molar-refractivity contribution >= 4 is 34.6 Å². The molecule has 2 fully saturated rings. The van der Waals surface area contributed by atoms with E-state index < -0.39 is 0 Å². The Labute approximate surface area is 165 Å². The Morgan fingerprint density at radius 3 is 2.63 bits per heavy atom. The van der Waals surface area contributed by atoms with Gasteiger partial charge in [0.25, 0.3) is 5.91 Å². The van der Waals surface area contributed by atoms with Crippen molar-refractivity contribution in [2.75, 3.05) is 10.2 Å². The number of carbonyl (C=O) groups is 1. The average molecular weight is 378 g/mol. The summed E-state index contributed by atoms with van der Waals surface area (Å²) >= 11 is 5.79. The highest BCUT2D eigenvalue weighted by molar-refractivity contribution is 7.80. The first-order valence-electron chi connectivity index (χ1n) is 9.70. The molecule has 5 rings (SSSR count). The third kappa shape index (κ3) is 2.34. The summed E-state index contributed by atoms with van der Waals surface area (Å²) in [5, 5.41) is 4.31. The van der Waals surface area contributed by atoms with Gasteiger partial charge in [-0.1, -0.05) is 37.3 Å². The van der Waals surface area contributed by atoms with Gasteiger partial charge >= 0.3 is 0 Å². The van der Waals surface area contributed by atoms with Crippen LogP contribution in [0.15, 0.2) is 48.5 Å². The zero-order valence-corrected chi connectivity index (χ0v) is 16.4. The molecule has 0 unspecified atom stereocenters. The van der Waals surface area contributed by atoms with Crippen molar-refractivity contribution < 1.29 is 4.79 Å². The quantitative estimate of drug-likeness (QED) is 0.805. The SMILES string of the molecule is CCc1ccc(N2C(=O)[C@@H]3C[C@@H]4c5ccccc5N[C@H]4[C@@H](C)N3C2=S)cc1. The number of thiocarbonyl (C=S) groups is 1. The van der Waals surface area contributed by atoms with Gasteiger partial charge in [-0.3, -0.25) is 9.69 Å². The molecule has 1 N–H and O–H groups in total. The van der Waals surface area contributed by atoms with Crippen LogP contribution in [0.1, 0.15) is 37.3 Å². The number of hydrogen-bond acceptors (Lipinski definition) is 3. The first kappa shape index (κ1) is 16.8. The third-order valence-electron chi connectivity index (χ3n) is 6.41. The highest BCUT2D eigenvalue weighted by Gasteiger charge is 2.54. The van der Waals surface area contributed by atoms with Gasteiger partial charge in [0.1, 0.15) is 6.04 Å². The van der Waals surface area contributed by atoms with E-state index in [9.17, 15) is 4.79 Å². The zero-order valence-electron chi connectivity index (χ0n) is 15.6. The molecule has 3 heterocycles. The number of anilines is 2. The summed E-state index contributed by atoms with van der Waals surface area (Å²) < 4.78 is 0. The molecule has 2 aromatic rings. The maximum absolute atomic E-state index is 13.3. The first-order valence-corrected chi connectivity index (χ1v) is 10.1. The molecular formula is C22H23N3OS. The number of hydrogen-bond donors (Lipinski definition) is 1. The second-order valence-corrected chi connectivity index (χ2v) is 8.10. The number of nitrogens with one attached hydrogen (secondary N) is 1. The molecule has 27 heavy (non-hydrogen) atoms. The molecule has 4 atom stereocenters. The van der Waals surface area contributed by atoms with Crippen LogP contribution in [0.3, 0.4) is 0 Å². The predicted molar refractivity (Wildman–Crippen MR) is 112 cm³/mol. The van der Waals surface area contributed by atoms with Gasteiger partial charge in [0.2, 0.25) is 0 Å². The molecule has 2 saturated heterocycles. The minimum absolute atomic E-state index is 0.110. The second kappa shape index (κ2) is 6.06. The molecule has 0 aliphatic carbocycles. The molecular weight excluding hydrogens is 354 g/mol. The van der Waals surface area contributed by atoms with Gasteiger partial charge in [0, 0.05) is 17.6 Å². The van der Waals surface area contributed by atoms with Crippen LogP contribution in [0.4, 0.5) is 11.4 Å². The van der Waals surface area contributed by atoms with Crippen molar-refractivity contribution in [2.45, 2.75) is 50.7 Å². The number of aryl methyl sites for hydroxylation is 1. The Hall–Kier alpha value is -2.40. The summed E-state index contributed by atoms with van der Waals surface area (Å²) in [6.07, 6.45) is 1.79. The van der Waals surface area contributed by atoms with E-state index in [4.69, 9.17) is 12.2 Å². The molecule has 3 aliphatic rings. The Morgan fingerprint density at radius 1 is 1.15 bits per heavy atom. The minimum Gasteiger partial charge on any atom is -0.379 e. The largest absolute Gasteiger partial charge is 0.379 e. The number of piperidine rings is 1. The van der Waals surface area contributed by atoms with Gasteiger partial charge < -0.3 is 10.2 Å². The Balaban J connectivity index is 1.49. The summed E-state index contributed by atoms with van der Waals surface area (Å²) in [4.78, 5) is 17.2. The van der Waals surface area contributed by atoms with E-state index in [0.29, 0.717) is 11.0 Å². The number of fused-ring (bicyclic) bond motifs is 4. The number of rotatable bonds is 2. The fourth-order valence-corrected chi connectivity index (χ4v) is 5.46. The van der Waals surface area contributed by atoms with Crippen molar-refractivity contribution in [1.82, 2.24) is 4.90 Å². The van der Waals surface area contributed by atoms with Crippen LogP contribution in [0, 0.1) is 0 Å². The Morgan fingerprint density at radius 2 is 1.89 bits per heavy atom. The van der Waals surface area contributed by atoms with E-state index in [1.54, 1.807) is 4.90 Å². The smallest absolute Gasteiger partial charge is 0.256 e. The van der Waals surface area contributed by atoms with Crippen molar-refractivity contribution in [3.05, 3.63) is 59.7 Å². The molecule has 1 amide bonds. The van der Waals surface area contributed by atoms with Gasteiger partial charge in [-0.25, -0.2) is 0 Å². The van der Waals surface area contributed by atoms with Crippen LogP contribution in [-0.2, 0) is 11.2 Å². The predicted octanol–water partition coefficient (Wildman–Crippen LogP) is 3.92. The Bertz CT molecular complexity index is 925. The van der Waals surface area contributed by atoms with Crippen LogP contribution in [0.2, 0.25) is 0 Å². The van der Waals surface area contributed by atoms with Crippen LogP contribution in [0.5, 0.6) is 0 Å². The van der Waals surface area contributed by atoms with Crippen LogP contribution < -0.4 is 10.2 Å². The standard InChI is InChI=1S/C22H23N3OS/c1-3-14-8-10-15(11-9-14)25-21(26)19-12-17-16-6-4-5-7-18(16)23-20(17)13(2)24(19)22(25)27/h4-11,13,17,19-20,23H,3,12H2,1-2H3/t13-,17-,19+,20+/m1/s1. The number of benzene rings is 2. The van der Waals surface area contributed by atoms with Crippen molar-refractivity contribution in [1.29, 1.82) is 0 Å².